The Bertz CT molecular complexity index is 833. The van der Waals surface area contributed by atoms with Crippen molar-refractivity contribution in [2.75, 3.05) is 5.32 Å². The minimum Gasteiger partial charge on any atom is -0.453 e. The molecule has 124 valence electrons. The Morgan fingerprint density at radius 3 is 2.67 bits per heavy atom. The van der Waals surface area contributed by atoms with Gasteiger partial charge in [-0.25, -0.2) is 0 Å². The lowest BCUT2D eigenvalue weighted by Crippen LogP contribution is -2.24. The summed E-state index contributed by atoms with van der Waals surface area (Å²) in [7, 11) is 0. The van der Waals surface area contributed by atoms with Crippen LogP contribution in [0.4, 0.5) is 5.69 Å². The summed E-state index contributed by atoms with van der Waals surface area (Å²) in [4.78, 5) is 22.8. The molecule has 0 radical (unpaired) electrons. The second-order valence-corrected chi connectivity index (χ2v) is 7.22. The van der Waals surface area contributed by atoms with Crippen LogP contribution in [0.25, 0.3) is 11.3 Å². The topological polar surface area (TPSA) is 59.3 Å². The Labute approximate surface area is 145 Å². The zero-order chi connectivity index (χ0) is 17.3. The number of nitrogens with one attached hydrogen (secondary N) is 1. The van der Waals surface area contributed by atoms with E-state index in [1.807, 2.05) is 6.07 Å². The summed E-state index contributed by atoms with van der Waals surface area (Å²) in [5.74, 6) is 0.915. The molecular formula is C19H18ClNO3. The molecule has 5 heteroatoms. The summed E-state index contributed by atoms with van der Waals surface area (Å²) < 4.78 is 5.51. The van der Waals surface area contributed by atoms with Gasteiger partial charge in [0, 0.05) is 34.5 Å². The van der Waals surface area contributed by atoms with Crippen molar-refractivity contribution >= 4 is 29.4 Å². The number of rotatable bonds is 4. The quantitative estimate of drug-likeness (QED) is 0.785. The predicted molar refractivity (Wildman–Crippen MR) is 94.3 cm³/mol. The molecule has 1 aromatic heterocycles. The predicted octanol–water partition coefficient (Wildman–Crippen LogP) is 5.10. The maximum atomic E-state index is 11.9. The molecule has 24 heavy (non-hydrogen) atoms. The van der Waals surface area contributed by atoms with E-state index in [1.54, 1.807) is 30.3 Å². The van der Waals surface area contributed by atoms with Crippen molar-refractivity contribution in [2.45, 2.75) is 26.7 Å². The van der Waals surface area contributed by atoms with Crippen molar-refractivity contribution in [3.63, 3.8) is 0 Å². The fourth-order valence-corrected chi connectivity index (χ4v) is 3.16. The van der Waals surface area contributed by atoms with Gasteiger partial charge in [0.15, 0.2) is 17.8 Å². The highest BCUT2D eigenvalue weighted by molar-refractivity contribution is 6.31. The van der Waals surface area contributed by atoms with Crippen LogP contribution in [0.5, 0.6) is 0 Å². The molecule has 1 heterocycles. The number of ketones is 1. The average Bonchev–Trinajstić information content (AvgIpc) is 2.96. The first-order valence-corrected chi connectivity index (χ1v) is 8.09. The number of aldehydes is 1. The van der Waals surface area contributed by atoms with Gasteiger partial charge in [0.05, 0.1) is 0 Å². The molecule has 0 saturated heterocycles. The number of anilines is 1. The SMILES string of the molecule is CC1(C)CC(=O)C=C(Nc2ccc(Cl)cc2-c2ccc(C=O)o2)C1. The summed E-state index contributed by atoms with van der Waals surface area (Å²) in [6.45, 7) is 4.15. The molecule has 0 fully saturated rings. The van der Waals surface area contributed by atoms with Gasteiger partial charge < -0.3 is 9.73 Å². The van der Waals surface area contributed by atoms with Crippen molar-refractivity contribution in [2.24, 2.45) is 5.41 Å². The zero-order valence-corrected chi connectivity index (χ0v) is 14.3. The Kier molecular flexibility index (Phi) is 4.33. The molecule has 0 bridgehead atoms. The van der Waals surface area contributed by atoms with Crippen LogP contribution in [0.1, 0.15) is 37.2 Å². The summed E-state index contributed by atoms with van der Waals surface area (Å²) in [5, 5.41) is 3.89. The molecule has 3 rings (SSSR count). The first-order valence-electron chi connectivity index (χ1n) is 7.72. The summed E-state index contributed by atoms with van der Waals surface area (Å²) >= 11 is 6.11. The standard InChI is InChI=1S/C19H18ClNO3/c1-19(2)9-13(8-14(23)10-19)21-17-5-3-12(20)7-16(17)18-6-4-15(11-22)24-18/h3-8,11,21H,9-10H2,1-2H3. The van der Waals surface area contributed by atoms with Gasteiger partial charge in [-0.3, -0.25) is 9.59 Å². The Morgan fingerprint density at radius 2 is 2.00 bits per heavy atom. The van der Waals surface area contributed by atoms with Gasteiger partial charge in [-0.1, -0.05) is 25.4 Å². The minimum atomic E-state index is -0.0733. The van der Waals surface area contributed by atoms with E-state index in [4.69, 9.17) is 16.0 Å². The van der Waals surface area contributed by atoms with Gasteiger partial charge in [0.2, 0.25) is 0 Å². The minimum absolute atomic E-state index is 0.0733. The van der Waals surface area contributed by atoms with Crippen molar-refractivity contribution in [1.82, 2.24) is 0 Å². The van der Waals surface area contributed by atoms with Crippen molar-refractivity contribution in [3.8, 4) is 11.3 Å². The molecule has 0 saturated carbocycles. The number of halogens is 1. The number of allylic oxidation sites excluding steroid dienone is 2. The largest absolute Gasteiger partial charge is 0.453 e. The molecule has 1 aliphatic rings. The molecule has 0 unspecified atom stereocenters. The number of carbonyl (C=O) groups excluding carboxylic acids is 2. The second-order valence-electron chi connectivity index (χ2n) is 6.79. The average molecular weight is 344 g/mol. The molecule has 1 N–H and O–H groups in total. The van der Waals surface area contributed by atoms with Gasteiger partial charge in [-0.2, -0.15) is 0 Å². The third-order valence-electron chi connectivity index (χ3n) is 3.94. The van der Waals surface area contributed by atoms with E-state index in [0.29, 0.717) is 23.5 Å². The van der Waals surface area contributed by atoms with E-state index in [-0.39, 0.29) is 17.0 Å². The summed E-state index contributed by atoms with van der Waals surface area (Å²) in [5.41, 5.74) is 2.31. The number of furan rings is 1. The highest BCUT2D eigenvalue weighted by Crippen LogP contribution is 2.37. The van der Waals surface area contributed by atoms with Crippen LogP contribution in [0, 0.1) is 5.41 Å². The molecule has 1 aliphatic carbocycles. The molecule has 0 atom stereocenters. The lowest BCUT2D eigenvalue weighted by Gasteiger charge is -2.29. The van der Waals surface area contributed by atoms with Gasteiger partial charge >= 0.3 is 0 Å². The lowest BCUT2D eigenvalue weighted by atomic mass is 9.79. The number of hydrogen-bond acceptors (Lipinski definition) is 4. The molecular weight excluding hydrogens is 326 g/mol. The van der Waals surface area contributed by atoms with Gasteiger partial charge in [-0.05, 0) is 42.2 Å². The third kappa shape index (κ3) is 3.60. The Hall–Kier alpha value is -2.33. The molecule has 0 amide bonds. The molecule has 1 aromatic carbocycles. The van der Waals surface area contributed by atoms with Crippen LogP contribution in [-0.2, 0) is 4.79 Å². The van der Waals surface area contributed by atoms with E-state index in [9.17, 15) is 9.59 Å². The first-order chi connectivity index (χ1) is 11.4. The van der Waals surface area contributed by atoms with Crippen LogP contribution < -0.4 is 5.32 Å². The maximum Gasteiger partial charge on any atom is 0.185 e. The number of carbonyl (C=O) groups is 2. The van der Waals surface area contributed by atoms with E-state index < -0.39 is 0 Å². The van der Waals surface area contributed by atoms with E-state index in [2.05, 4.69) is 19.2 Å². The second kappa shape index (κ2) is 6.29. The van der Waals surface area contributed by atoms with E-state index in [0.717, 1.165) is 23.4 Å². The Balaban J connectivity index is 1.97. The van der Waals surface area contributed by atoms with Crippen LogP contribution in [-0.4, -0.2) is 12.1 Å². The lowest BCUT2D eigenvalue weighted by molar-refractivity contribution is -0.117. The molecule has 0 spiro atoms. The van der Waals surface area contributed by atoms with Crippen molar-refractivity contribution < 1.29 is 14.0 Å². The number of benzene rings is 1. The smallest absolute Gasteiger partial charge is 0.185 e. The third-order valence-corrected chi connectivity index (χ3v) is 4.18. The normalized spacial score (nSPS) is 16.6. The fourth-order valence-electron chi connectivity index (χ4n) is 2.99. The van der Waals surface area contributed by atoms with Crippen LogP contribution >= 0.6 is 11.6 Å². The first kappa shape index (κ1) is 16.5. The van der Waals surface area contributed by atoms with Gasteiger partial charge in [0.25, 0.3) is 0 Å². The van der Waals surface area contributed by atoms with Crippen LogP contribution in [0.3, 0.4) is 0 Å². The van der Waals surface area contributed by atoms with Crippen LogP contribution in [0.15, 0.2) is 46.5 Å². The highest BCUT2D eigenvalue weighted by atomic mass is 35.5. The molecule has 4 nitrogen and oxygen atoms in total. The zero-order valence-electron chi connectivity index (χ0n) is 13.6. The van der Waals surface area contributed by atoms with E-state index in [1.165, 1.54) is 0 Å². The molecule has 0 aliphatic heterocycles. The summed E-state index contributed by atoms with van der Waals surface area (Å²) in [6, 6.07) is 8.72. The monoisotopic (exact) mass is 343 g/mol. The highest BCUT2D eigenvalue weighted by Gasteiger charge is 2.27. The summed E-state index contributed by atoms with van der Waals surface area (Å²) in [6.07, 6.45) is 3.64. The van der Waals surface area contributed by atoms with Crippen LogP contribution in [0.2, 0.25) is 5.02 Å². The van der Waals surface area contributed by atoms with Crippen molar-refractivity contribution in [1.29, 1.82) is 0 Å². The fraction of sp³-hybridized carbons (Fsp3) is 0.263. The van der Waals surface area contributed by atoms with E-state index >= 15 is 0 Å². The van der Waals surface area contributed by atoms with Crippen molar-refractivity contribution in [3.05, 3.63) is 52.9 Å². The Morgan fingerprint density at radius 1 is 1.21 bits per heavy atom. The maximum absolute atomic E-state index is 11.9. The van der Waals surface area contributed by atoms with Gasteiger partial charge in [-0.15, -0.1) is 0 Å². The number of hydrogen-bond donors (Lipinski definition) is 1. The molecule has 2 aromatic rings. The van der Waals surface area contributed by atoms with Gasteiger partial charge in [0.1, 0.15) is 5.76 Å².